The molecule has 34 heavy (non-hydrogen) atoms. The van der Waals surface area contributed by atoms with E-state index in [4.69, 9.17) is 32.5 Å². The minimum absolute atomic E-state index is 0.0578. The topological polar surface area (TPSA) is 73.9 Å². The highest BCUT2D eigenvalue weighted by Gasteiger charge is 2.49. The molecule has 0 radical (unpaired) electrons. The van der Waals surface area contributed by atoms with E-state index in [0.29, 0.717) is 33.8 Å². The zero-order valence-corrected chi connectivity index (χ0v) is 20.2. The number of fused-ring (bicyclic) bond motifs is 3. The molecule has 8 heteroatoms. The maximum Gasteiger partial charge on any atom is 0.145 e. The Balaban J connectivity index is 1.21. The van der Waals surface area contributed by atoms with Gasteiger partial charge in [0.05, 0.1) is 28.5 Å². The predicted molar refractivity (Wildman–Crippen MR) is 128 cm³/mol. The van der Waals surface area contributed by atoms with Gasteiger partial charge in [-0.3, -0.25) is 9.97 Å². The molecule has 4 aliphatic rings. The molecule has 7 rings (SSSR count). The van der Waals surface area contributed by atoms with E-state index in [9.17, 15) is 0 Å². The van der Waals surface area contributed by atoms with Crippen LogP contribution in [0.1, 0.15) is 74.3 Å². The van der Waals surface area contributed by atoms with Crippen LogP contribution >= 0.6 is 23.2 Å². The van der Waals surface area contributed by atoms with Gasteiger partial charge in [-0.05, 0) is 57.3 Å². The standard InChI is InChI=1S/C26H24Cl2N4O2/c27-20-14-30-15-21(28)22(20)23-19(24(34-32-23)17-1-2-17)16-33-26-8-5-25(6-9-26,7-10-26)4-3-18-13-29-11-12-31-18/h11-15,17H,1-2,5-10,16H2. The second-order valence-electron chi connectivity index (χ2n) is 9.72. The zero-order valence-electron chi connectivity index (χ0n) is 18.7. The summed E-state index contributed by atoms with van der Waals surface area (Å²) in [6, 6.07) is 0. The predicted octanol–water partition coefficient (Wildman–Crippen LogP) is 6.37. The lowest BCUT2D eigenvalue weighted by molar-refractivity contribution is -0.131. The van der Waals surface area contributed by atoms with E-state index in [1.807, 2.05) is 0 Å². The quantitative estimate of drug-likeness (QED) is 0.383. The third-order valence-electron chi connectivity index (χ3n) is 7.58. The van der Waals surface area contributed by atoms with Crippen LogP contribution in [0.2, 0.25) is 10.0 Å². The van der Waals surface area contributed by atoms with Crippen molar-refractivity contribution < 1.29 is 9.26 Å². The fraction of sp³-hybridized carbons (Fsp3) is 0.462. The van der Waals surface area contributed by atoms with Gasteiger partial charge in [-0.25, -0.2) is 4.98 Å². The number of pyridine rings is 1. The number of hydrogen-bond acceptors (Lipinski definition) is 6. The number of aromatic nitrogens is 4. The van der Waals surface area contributed by atoms with Crippen LogP contribution in [0.4, 0.5) is 0 Å². The molecular weight excluding hydrogens is 471 g/mol. The summed E-state index contributed by atoms with van der Waals surface area (Å²) in [7, 11) is 0. The van der Waals surface area contributed by atoms with Crippen molar-refractivity contribution in [2.24, 2.45) is 5.41 Å². The first kappa shape index (κ1) is 22.0. The Hall–Kier alpha value is -2.46. The first-order valence-corrected chi connectivity index (χ1v) is 12.5. The number of nitrogens with zero attached hydrogens (tertiary/aromatic N) is 4. The summed E-state index contributed by atoms with van der Waals surface area (Å²) >= 11 is 12.9. The van der Waals surface area contributed by atoms with Crippen molar-refractivity contribution in [3.63, 3.8) is 0 Å². The van der Waals surface area contributed by atoms with Crippen LogP contribution in [0.25, 0.3) is 11.3 Å². The summed E-state index contributed by atoms with van der Waals surface area (Å²) in [5, 5.41) is 5.30. The van der Waals surface area contributed by atoms with E-state index in [2.05, 4.69) is 31.9 Å². The van der Waals surface area contributed by atoms with E-state index in [1.165, 1.54) is 0 Å². The maximum absolute atomic E-state index is 6.70. The number of halogens is 2. The molecular formula is C26H24Cl2N4O2. The molecule has 0 spiro atoms. The molecule has 2 bridgehead atoms. The van der Waals surface area contributed by atoms with Crippen molar-refractivity contribution in [3.8, 4) is 23.1 Å². The van der Waals surface area contributed by atoms with Gasteiger partial charge in [0, 0.05) is 47.2 Å². The molecule has 0 aliphatic heterocycles. The fourth-order valence-corrected chi connectivity index (χ4v) is 5.85. The SMILES string of the molecule is Clc1cncc(Cl)c1-c1noc(C2CC2)c1COC12CCC(C#Cc3cnccn3)(CC1)CC2. The Morgan fingerprint density at radius 1 is 0.971 bits per heavy atom. The van der Waals surface area contributed by atoms with Crippen LogP contribution in [0.5, 0.6) is 0 Å². The molecule has 6 nitrogen and oxygen atoms in total. The van der Waals surface area contributed by atoms with Crippen molar-refractivity contribution >= 4 is 23.2 Å². The van der Waals surface area contributed by atoms with Crippen LogP contribution in [0, 0.1) is 17.3 Å². The van der Waals surface area contributed by atoms with Crippen LogP contribution in [-0.4, -0.2) is 25.7 Å². The molecule has 3 aromatic rings. The van der Waals surface area contributed by atoms with Crippen LogP contribution in [0.3, 0.4) is 0 Å². The average molecular weight is 495 g/mol. The molecule has 3 heterocycles. The number of rotatable bonds is 5. The van der Waals surface area contributed by atoms with Crippen molar-refractivity contribution in [3.05, 3.63) is 58.0 Å². The molecule has 0 atom stereocenters. The van der Waals surface area contributed by atoms with Gasteiger partial charge in [0.2, 0.25) is 0 Å². The van der Waals surface area contributed by atoms with Crippen LogP contribution in [0.15, 0.2) is 35.5 Å². The lowest BCUT2D eigenvalue weighted by Crippen LogP contribution is -2.47. The Bertz CT molecular complexity index is 1230. The minimum atomic E-state index is -0.128. The van der Waals surface area contributed by atoms with Crippen molar-refractivity contribution in [1.29, 1.82) is 0 Å². The third-order valence-corrected chi connectivity index (χ3v) is 8.15. The second kappa shape index (κ2) is 8.64. The second-order valence-corrected chi connectivity index (χ2v) is 10.5. The average Bonchev–Trinajstić information content (AvgIpc) is 3.64. The largest absolute Gasteiger partial charge is 0.370 e. The lowest BCUT2D eigenvalue weighted by atomic mass is 9.59. The molecule has 174 valence electrons. The van der Waals surface area contributed by atoms with E-state index in [0.717, 1.165) is 68.4 Å². The summed E-state index contributed by atoms with van der Waals surface area (Å²) in [6.07, 6.45) is 16.6. The summed E-state index contributed by atoms with van der Waals surface area (Å²) in [5.74, 6) is 8.09. The van der Waals surface area contributed by atoms with Gasteiger partial charge in [0.15, 0.2) is 0 Å². The fourth-order valence-electron chi connectivity index (χ4n) is 5.30. The van der Waals surface area contributed by atoms with Gasteiger partial charge in [0.1, 0.15) is 17.1 Å². The number of hydrogen-bond donors (Lipinski definition) is 0. The van der Waals surface area contributed by atoms with E-state index in [1.54, 1.807) is 31.0 Å². The summed E-state index contributed by atoms with van der Waals surface area (Å²) < 4.78 is 12.5. The summed E-state index contributed by atoms with van der Waals surface area (Å²) in [5.41, 5.74) is 2.97. The lowest BCUT2D eigenvalue weighted by Gasteiger charge is -2.51. The van der Waals surface area contributed by atoms with Gasteiger partial charge < -0.3 is 9.26 Å². The molecule has 4 fully saturated rings. The Kier molecular flexibility index (Phi) is 5.60. The van der Waals surface area contributed by atoms with Gasteiger partial charge in [-0.15, -0.1) is 0 Å². The van der Waals surface area contributed by atoms with Gasteiger partial charge in [-0.1, -0.05) is 34.3 Å². The Morgan fingerprint density at radius 3 is 2.35 bits per heavy atom. The van der Waals surface area contributed by atoms with Gasteiger partial charge in [-0.2, -0.15) is 0 Å². The van der Waals surface area contributed by atoms with Crippen molar-refractivity contribution in [1.82, 2.24) is 20.1 Å². The molecule has 0 unspecified atom stereocenters. The normalized spacial score (nSPS) is 25.7. The van der Waals surface area contributed by atoms with E-state index < -0.39 is 0 Å². The number of ether oxygens (including phenoxy) is 1. The highest BCUT2D eigenvalue weighted by atomic mass is 35.5. The first-order valence-electron chi connectivity index (χ1n) is 11.8. The summed E-state index contributed by atoms with van der Waals surface area (Å²) in [4.78, 5) is 12.5. The Labute approximate surface area is 208 Å². The smallest absolute Gasteiger partial charge is 0.145 e. The van der Waals surface area contributed by atoms with Crippen LogP contribution in [-0.2, 0) is 11.3 Å². The highest BCUT2D eigenvalue weighted by Crippen LogP contribution is 2.54. The molecule has 4 aliphatic carbocycles. The summed E-state index contributed by atoms with van der Waals surface area (Å²) in [6.45, 7) is 0.442. The molecule has 4 saturated carbocycles. The maximum atomic E-state index is 6.70. The van der Waals surface area contributed by atoms with Crippen molar-refractivity contribution in [2.45, 2.75) is 69.5 Å². The van der Waals surface area contributed by atoms with Crippen molar-refractivity contribution in [2.75, 3.05) is 0 Å². The minimum Gasteiger partial charge on any atom is -0.370 e. The monoisotopic (exact) mass is 494 g/mol. The third kappa shape index (κ3) is 4.11. The van der Waals surface area contributed by atoms with Gasteiger partial charge in [0.25, 0.3) is 0 Å². The molecule has 0 saturated heterocycles. The zero-order chi connectivity index (χ0) is 23.2. The Morgan fingerprint density at radius 2 is 1.71 bits per heavy atom. The van der Waals surface area contributed by atoms with Gasteiger partial charge >= 0.3 is 0 Å². The molecule has 0 N–H and O–H groups in total. The van der Waals surface area contributed by atoms with E-state index in [-0.39, 0.29) is 11.0 Å². The first-order chi connectivity index (χ1) is 16.6. The molecule has 0 amide bonds. The highest BCUT2D eigenvalue weighted by molar-refractivity contribution is 6.38. The van der Waals surface area contributed by atoms with E-state index >= 15 is 0 Å². The molecule has 3 aromatic heterocycles. The van der Waals surface area contributed by atoms with Crippen LogP contribution < -0.4 is 0 Å². The molecule has 0 aromatic carbocycles.